The van der Waals surface area contributed by atoms with E-state index in [1.54, 1.807) is 0 Å². The first-order chi connectivity index (χ1) is 7.27. The van der Waals surface area contributed by atoms with Gasteiger partial charge < -0.3 is 10.0 Å². The fourth-order valence-electron chi connectivity index (χ4n) is 2.81. The molecule has 1 heterocycles. The van der Waals surface area contributed by atoms with Gasteiger partial charge in [0.25, 0.3) is 0 Å². The molecule has 2 fully saturated rings. The summed E-state index contributed by atoms with van der Waals surface area (Å²) < 4.78 is 0. The minimum atomic E-state index is -0.414. The smallest absolute Gasteiger partial charge is 0.225 e. The van der Waals surface area contributed by atoms with Gasteiger partial charge in [-0.25, -0.2) is 0 Å². The van der Waals surface area contributed by atoms with Crippen molar-refractivity contribution in [2.24, 2.45) is 0 Å². The van der Waals surface area contributed by atoms with E-state index in [1.165, 1.54) is 32.1 Å². The Balaban J connectivity index is 1.92. The molecule has 0 radical (unpaired) electrons. The number of carbonyl (C=O) groups is 1. The fraction of sp³-hybridized carbons (Fsp3) is 0.917. The van der Waals surface area contributed by atoms with E-state index in [-0.39, 0.29) is 5.91 Å². The molecule has 2 rings (SSSR count). The van der Waals surface area contributed by atoms with E-state index in [0.29, 0.717) is 19.0 Å². The maximum atomic E-state index is 11.6. The van der Waals surface area contributed by atoms with Crippen LogP contribution < -0.4 is 0 Å². The van der Waals surface area contributed by atoms with Crippen molar-refractivity contribution in [1.29, 1.82) is 0 Å². The van der Waals surface area contributed by atoms with Crippen molar-refractivity contribution in [2.75, 3.05) is 6.54 Å². The van der Waals surface area contributed by atoms with E-state index < -0.39 is 6.10 Å². The highest BCUT2D eigenvalue weighted by molar-refractivity contribution is 5.79. The van der Waals surface area contributed by atoms with Crippen LogP contribution in [-0.2, 0) is 4.79 Å². The molecule has 3 heteroatoms. The van der Waals surface area contributed by atoms with E-state index in [4.69, 9.17) is 0 Å². The lowest BCUT2D eigenvalue weighted by Crippen LogP contribution is -2.37. The summed E-state index contributed by atoms with van der Waals surface area (Å²) in [5, 5.41) is 9.46. The Morgan fingerprint density at radius 3 is 2.20 bits per heavy atom. The van der Waals surface area contributed by atoms with Crippen molar-refractivity contribution < 1.29 is 9.90 Å². The first kappa shape index (κ1) is 10.9. The number of aliphatic hydroxyl groups is 1. The third kappa shape index (κ3) is 2.71. The molecule has 0 bridgehead atoms. The van der Waals surface area contributed by atoms with Crippen LogP contribution in [-0.4, -0.2) is 34.6 Å². The molecule has 1 atom stereocenters. The minimum Gasteiger partial charge on any atom is -0.391 e. The molecule has 0 spiro atoms. The molecule has 1 aliphatic carbocycles. The SMILES string of the molecule is O=C1CC(O)CN1C1CCCCCCC1. The molecule has 1 saturated heterocycles. The Bertz CT molecular complexity index is 222. The maximum absolute atomic E-state index is 11.6. The van der Waals surface area contributed by atoms with Crippen LogP contribution in [0, 0.1) is 0 Å². The van der Waals surface area contributed by atoms with Crippen LogP contribution in [0.2, 0.25) is 0 Å². The highest BCUT2D eigenvalue weighted by Crippen LogP contribution is 2.25. The first-order valence-electron chi connectivity index (χ1n) is 6.25. The van der Waals surface area contributed by atoms with Gasteiger partial charge in [-0.2, -0.15) is 0 Å². The van der Waals surface area contributed by atoms with Gasteiger partial charge in [0, 0.05) is 12.6 Å². The second kappa shape index (κ2) is 4.97. The van der Waals surface area contributed by atoms with Crippen LogP contribution in [0.1, 0.15) is 51.4 Å². The summed E-state index contributed by atoms with van der Waals surface area (Å²) in [7, 11) is 0. The molecule has 15 heavy (non-hydrogen) atoms. The average molecular weight is 211 g/mol. The van der Waals surface area contributed by atoms with Crippen molar-refractivity contribution in [3.8, 4) is 0 Å². The van der Waals surface area contributed by atoms with Gasteiger partial charge in [-0.1, -0.05) is 32.1 Å². The average Bonchev–Trinajstić information content (AvgIpc) is 2.45. The molecular formula is C12H21NO2. The second-order valence-corrected chi connectivity index (χ2v) is 4.90. The van der Waals surface area contributed by atoms with Gasteiger partial charge >= 0.3 is 0 Å². The van der Waals surface area contributed by atoms with E-state index >= 15 is 0 Å². The van der Waals surface area contributed by atoms with Crippen molar-refractivity contribution in [2.45, 2.75) is 63.5 Å². The molecule has 0 aromatic rings. The van der Waals surface area contributed by atoms with Crippen LogP contribution >= 0.6 is 0 Å². The molecule has 1 saturated carbocycles. The summed E-state index contributed by atoms with van der Waals surface area (Å²) in [5.74, 6) is 0.160. The van der Waals surface area contributed by atoms with Gasteiger partial charge in [0.05, 0.1) is 12.5 Å². The number of aliphatic hydroxyl groups excluding tert-OH is 1. The highest BCUT2D eigenvalue weighted by atomic mass is 16.3. The van der Waals surface area contributed by atoms with Crippen LogP contribution in [0.15, 0.2) is 0 Å². The Morgan fingerprint density at radius 1 is 1.07 bits per heavy atom. The molecule has 3 nitrogen and oxygen atoms in total. The van der Waals surface area contributed by atoms with Crippen molar-refractivity contribution in [1.82, 2.24) is 4.90 Å². The molecule has 1 N–H and O–H groups in total. The summed E-state index contributed by atoms with van der Waals surface area (Å²) in [4.78, 5) is 13.6. The van der Waals surface area contributed by atoms with Crippen molar-refractivity contribution >= 4 is 5.91 Å². The Kier molecular flexibility index (Phi) is 3.62. The zero-order valence-corrected chi connectivity index (χ0v) is 9.32. The predicted molar refractivity (Wildman–Crippen MR) is 58.4 cm³/mol. The minimum absolute atomic E-state index is 0.160. The Morgan fingerprint density at radius 2 is 1.67 bits per heavy atom. The van der Waals surface area contributed by atoms with Gasteiger partial charge in [-0.05, 0) is 12.8 Å². The molecule has 0 aromatic carbocycles. The topological polar surface area (TPSA) is 40.5 Å². The van der Waals surface area contributed by atoms with Crippen LogP contribution in [0.4, 0.5) is 0 Å². The third-order valence-electron chi connectivity index (χ3n) is 3.65. The molecule has 1 aliphatic heterocycles. The summed E-state index contributed by atoms with van der Waals surface area (Å²) in [5.41, 5.74) is 0. The number of rotatable bonds is 1. The van der Waals surface area contributed by atoms with E-state index in [2.05, 4.69) is 0 Å². The number of hydrogen-bond donors (Lipinski definition) is 1. The monoisotopic (exact) mass is 211 g/mol. The lowest BCUT2D eigenvalue weighted by molar-refractivity contribution is -0.130. The number of likely N-dealkylation sites (tertiary alicyclic amines) is 1. The lowest BCUT2D eigenvalue weighted by atomic mass is 9.96. The molecule has 2 aliphatic rings. The number of hydrogen-bond acceptors (Lipinski definition) is 2. The lowest BCUT2D eigenvalue weighted by Gasteiger charge is -2.29. The second-order valence-electron chi connectivity index (χ2n) is 4.90. The molecule has 1 amide bonds. The van der Waals surface area contributed by atoms with Gasteiger partial charge in [0.2, 0.25) is 5.91 Å². The normalized spacial score (nSPS) is 30.3. The summed E-state index contributed by atoms with van der Waals surface area (Å²) in [6.45, 7) is 0.573. The summed E-state index contributed by atoms with van der Waals surface area (Å²) in [6, 6.07) is 0.412. The van der Waals surface area contributed by atoms with Gasteiger partial charge in [0.1, 0.15) is 0 Å². The molecule has 1 unspecified atom stereocenters. The summed E-state index contributed by atoms with van der Waals surface area (Å²) >= 11 is 0. The summed E-state index contributed by atoms with van der Waals surface area (Å²) in [6.07, 6.45) is 8.65. The highest BCUT2D eigenvalue weighted by Gasteiger charge is 2.32. The zero-order valence-electron chi connectivity index (χ0n) is 9.32. The Labute approximate surface area is 91.5 Å². The Hall–Kier alpha value is -0.570. The van der Waals surface area contributed by atoms with Gasteiger partial charge in [0.15, 0.2) is 0 Å². The first-order valence-corrected chi connectivity index (χ1v) is 6.25. The molecule has 86 valence electrons. The zero-order chi connectivity index (χ0) is 10.7. The van der Waals surface area contributed by atoms with E-state index in [1.807, 2.05) is 4.90 Å². The number of β-amino-alcohol motifs (C(OH)–C–C–N with tert-alkyl or cyclic N) is 1. The van der Waals surface area contributed by atoms with E-state index in [0.717, 1.165) is 12.8 Å². The largest absolute Gasteiger partial charge is 0.391 e. The number of amides is 1. The third-order valence-corrected chi connectivity index (χ3v) is 3.65. The number of carbonyl (C=O) groups excluding carboxylic acids is 1. The van der Waals surface area contributed by atoms with Gasteiger partial charge in [-0.3, -0.25) is 4.79 Å². The predicted octanol–water partition coefficient (Wildman–Crippen LogP) is 1.69. The maximum Gasteiger partial charge on any atom is 0.225 e. The number of nitrogens with zero attached hydrogens (tertiary/aromatic N) is 1. The fourth-order valence-corrected chi connectivity index (χ4v) is 2.81. The van der Waals surface area contributed by atoms with Crippen molar-refractivity contribution in [3.63, 3.8) is 0 Å². The van der Waals surface area contributed by atoms with Gasteiger partial charge in [-0.15, -0.1) is 0 Å². The van der Waals surface area contributed by atoms with Crippen molar-refractivity contribution in [3.05, 3.63) is 0 Å². The quantitative estimate of drug-likeness (QED) is 0.717. The van der Waals surface area contributed by atoms with Crippen LogP contribution in [0.25, 0.3) is 0 Å². The molecule has 0 aromatic heterocycles. The van der Waals surface area contributed by atoms with E-state index in [9.17, 15) is 9.90 Å². The molecular weight excluding hydrogens is 190 g/mol. The van der Waals surface area contributed by atoms with Crippen LogP contribution in [0.5, 0.6) is 0 Å². The standard InChI is InChI=1S/C12H21NO2/c14-11-8-12(15)13(9-11)10-6-4-2-1-3-5-7-10/h10-11,14H,1-9H2. The van der Waals surface area contributed by atoms with Crippen LogP contribution in [0.3, 0.4) is 0 Å².